The zero-order valence-electron chi connectivity index (χ0n) is 14.6. The number of hydrogen-bond donors (Lipinski definition) is 2. The number of carbonyl (C=O) groups is 2. The van der Waals surface area contributed by atoms with Crippen molar-refractivity contribution in [1.29, 1.82) is 0 Å². The first-order chi connectivity index (χ1) is 12.6. The van der Waals surface area contributed by atoms with Crippen molar-refractivity contribution in [2.45, 2.75) is 25.9 Å². The van der Waals surface area contributed by atoms with Crippen LogP contribution in [0.3, 0.4) is 0 Å². The number of aryl methyl sites for hydroxylation is 1. The van der Waals surface area contributed by atoms with E-state index in [4.69, 9.17) is 9.84 Å². The molecule has 0 aliphatic carbocycles. The van der Waals surface area contributed by atoms with Gasteiger partial charge in [0.05, 0.1) is 0 Å². The Balaban J connectivity index is 1.66. The molecule has 2 aromatic carbocycles. The van der Waals surface area contributed by atoms with Gasteiger partial charge in [-0.05, 0) is 29.5 Å². The Hall–Kier alpha value is -3.08. The summed E-state index contributed by atoms with van der Waals surface area (Å²) in [6, 6.07) is 17.3. The third-order valence-corrected chi connectivity index (χ3v) is 3.68. The van der Waals surface area contributed by atoms with Crippen LogP contribution in [0.1, 0.15) is 29.5 Å². The number of rotatable bonds is 9. The Labute approximate surface area is 153 Å². The minimum absolute atomic E-state index is 0.127. The number of aliphatic carboxylic acids is 1. The maximum Gasteiger partial charge on any atom is 0.407 e. The summed E-state index contributed by atoms with van der Waals surface area (Å²) in [6.45, 7) is 0.745. The number of amides is 1. The summed E-state index contributed by atoms with van der Waals surface area (Å²) in [5, 5.41) is 11.4. The van der Waals surface area contributed by atoms with E-state index in [2.05, 4.69) is 5.32 Å². The molecule has 2 rings (SSSR count). The minimum Gasteiger partial charge on any atom is -0.481 e. The van der Waals surface area contributed by atoms with Gasteiger partial charge in [0.15, 0.2) is 0 Å². The average molecular weight is 353 g/mol. The highest BCUT2D eigenvalue weighted by molar-refractivity contribution is 5.67. The maximum atomic E-state index is 11.6. The van der Waals surface area contributed by atoms with Crippen LogP contribution in [0.5, 0.6) is 0 Å². The molecule has 5 heteroatoms. The molecule has 0 saturated heterocycles. The normalized spacial score (nSPS) is 10.6. The van der Waals surface area contributed by atoms with Gasteiger partial charge >= 0.3 is 12.1 Å². The summed E-state index contributed by atoms with van der Waals surface area (Å²) in [6.07, 6.45) is 4.82. The number of carboxylic acid groups (broad SMARTS) is 1. The van der Waals surface area contributed by atoms with Crippen LogP contribution in [-0.2, 0) is 22.6 Å². The summed E-state index contributed by atoms with van der Waals surface area (Å²) in [5.41, 5.74) is 2.96. The standard InChI is InChI=1S/C21H23NO4/c23-20(24)13-12-18-11-6-10-17(15-18)7-4-5-14-22-21(25)26-16-19-8-2-1-3-9-19/h1-4,6-11,15H,5,12-14,16H2,(H,22,25)(H,23,24). The molecule has 1 amide bonds. The quantitative estimate of drug-likeness (QED) is 0.667. The van der Waals surface area contributed by atoms with Crippen LogP contribution in [0.25, 0.3) is 6.08 Å². The van der Waals surface area contributed by atoms with Crippen molar-refractivity contribution in [3.05, 3.63) is 77.4 Å². The lowest BCUT2D eigenvalue weighted by atomic mass is 10.1. The van der Waals surface area contributed by atoms with Gasteiger partial charge in [-0.3, -0.25) is 4.79 Å². The van der Waals surface area contributed by atoms with E-state index in [-0.39, 0.29) is 13.0 Å². The molecular weight excluding hydrogens is 330 g/mol. The van der Waals surface area contributed by atoms with E-state index in [9.17, 15) is 9.59 Å². The third kappa shape index (κ3) is 7.66. The van der Waals surface area contributed by atoms with Crippen molar-refractivity contribution in [3.8, 4) is 0 Å². The molecule has 0 aliphatic heterocycles. The van der Waals surface area contributed by atoms with Crippen molar-refractivity contribution in [3.63, 3.8) is 0 Å². The van der Waals surface area contributed by atoms with Gasteiger partial charge < -0.3 is 15.2 Å². The number of carbonyl (C=O) groups excluding carboxylic acids is 1. The molecule has 0 fully saturated rings. The lowest BCUT2D eigenvalue weighted by Gasteiger charge is -2.06. The summed E-state index contributed by atoms with van der Waals surface area (Å²) in [5.74, 6) is -0.795. The van der Waals surface area contributed by atoms with E-state index < -0.39 is 12.1 Å². The Morgan fingerprint density at radius 2 is 1.81 bits per heavy atom. The fraction of sp³-hybridized carbons (Fsp3) is 0.238. The molecule has 2 aromatic rings. The monoisotopic (exact) mass is 353 g/mol. The zero-order chi connectivity index (χ0) is 18.6. The molecule has 0 spiro atoms. The van der Waals surface area contributed by atoms with Crippen molar-refractivity contribution in [2.24, 2.45) is 0 Å². The zero-order valence-corrected chi connectivity index (χ0v) is 14.6. The molecule has 0 heterocycles. The second-order valence-electron chi connectivity index (χ2n) is 5.82. The van der Waals surface area contributed by atoms with Gasteiger partial charge in [-0.2, -0.15) is 0 Å². The van der Waals surface area contributed by atoms with E-state index in [1.807, 2.05) is 66.7 Å². The summed E-state index contributed by atoms with van der Waals surface area (Å²) < 4.78 is 5.13. The number of alkyl carbamates (subject to hydrolysis) is 1. The molecule has 0 saturated carbocycles. The first-order valence-corrected chi connectivity index (χ1v) is 8.55. The number of ether oxygens (including phenoxy) is 1. The highest BCUT2D eigenvalue weighted by atomic mass is 16.5. The summed E-state index contributed by atoms with van der Waals surface area (Å²) in [7, 11) is 0. The molecule has 0 aliphatic rings. The smallest absolute Gasteiger partial charge is 0.407 e. The van der Waals surface area contributed by atoms with E-state index >= 15 is 0 Å². The van der Waals surface area contributed by atoms with Gasteiger partial charge in [-0.1, -0.05) is 66.7 Å². The average Bonchev–Trinajstić information content (AvgIpc) is 2.65. The van der Waals surface area contributed by atoms with Gasteiger partial charge in [-0.15, -0.1) is 0 Å². The van der Waals surface area contributed by atoms with Gasteiger partial charge in [0.2, 0.25) is 0 Å². The van der Waals surface area contributed by atoms with Crippen LogP contribution < -0.4 is 5.32 Å². The molecule has 0 atom stereocenters. The van der Waals surface area contributed by atoms with Crippen molar-refractivity contribution in [1.82, 2.24) is 5.32 Å². The Morgan fingerprint density at radius 3 is 2.58 bits per heavy atom. The molecule has 0 bridgehead atoms. The van der Waals surface area contributed by atoms with E-state index in [1.165, 1.54) is 0 Å². The topological polar surface area (TPSA) is 75.6 Å². The molecule has 0 radical (unpaired) electrons. The molecule has 0 unspecified atom stereocenters. The molecule has 2 N–H and O–H groups in total. The predicted molar refractivity (Wildman–Crippen MR) is 101 cm³/mol. The first-order valence-electron chi connectivity index (χ1n) is 8.55. The lowest BCUT2D eigenvalue weighted by molar-refractivity contribution is -0.136. The SMILES string of the molecule is O=C(O)CCc1cccc(C=CCCNC(=O)OCc2ccccc2)c1. The number of nitrogens with one attached hydrogen (secondary N) is 1. The van der Waals surface area contributed by atoms with E-state index in [0.29, 0.717) is 19.4 Å². The van der Waals surface area contributed by atoms with E-state index in [0.717, 1.165) is 16.7 Å². The summed E-state index contributed by atoms with van der Waals surface area (Å²) >= 11 is 0. The highest BCUT2D eigenvalue weighted by Gasteiger charge is 2.01. The third-order valence-electron chi connectivity index (χ3n) is 3.68. The number of carboxylic acids is 1. The summed E-state index contributed by atoms with van der Waals surface area (Å²) in [4.78, 5) is 22.2. The largest absolute Gasteiger partial charge is 0.481 e. The lowest BCUT2D eigenvalue weighted by Crippen LogP contribution is -2.24. The second-order valence-corrected chi connectivity index (χ2v) is 5.82. The van der Waals surface area contributed by atoms with Crippen molar-refractivity contribution in [2.75, 3.05) is 6.54 Å². The van der Waals surface area contributed by atoms with Crippen LogP contribution in [0.15, 0.2) is 60.7 Å². The highest BCUT2D eigenvalue weighted by Crippen LogP contribution is 2.09. The second kappa shape index (κ2) is 10.7. The van der Waals surface area contributed by atoms with Crippen molar-refractivity contribution < 1.29 is 19.4 Å². The molecule has 5 nitrogen and oxygen atoms in total. The van der Waals surface area contributed by atoms with Crippen LogP contribution >= 0.6 is 0 Å². The number of benzene rings is 2. The Bertz CT molecular complexity index is 741. The first kappa shape index (κ1) is 19.2. The van der Waals surface area contributed by atoms with Gasteiger partial charge in [0.25, 0.3) is 0 Å². The molecule has 136 valence electrons. The fourth-order valence-electron chi connectivity index (χ4n) is 2.35. The fourth-order valence-corrected chi connectivity index (χ4v) is 2.35. The maximum absolute atomic E-state index is 11.6. The van der Waals surface area contributed by atoms with Gasteiger partial charge in [-0.25, -0.2) is 4.79 Å². The predicted octanol–water partition coefficient (Wildman–Crippen LogP) is 4.03. The van der Waals surface area contributed by atoms with E-state index in [1.54, 1.807) is 0 Å². The van der Waals surface area contributed by atoms with Gasteiger partial charge in [0.1, 0.15) is 6.61 Å². The molecular formula is C21H23NO4. The number of hydrogen-bond acceptors (Lipinski definition) is 3. The minimum atomic E-state index is -0.795. The van der Waals surface area contributed by atoms with Gasteiger partial charge in [0, 0.05) is 13.0 Å². The van der Waals surface area contributed by atoms with Crippen LogP contribution in [0.2, 0.25) is 0 Å². The van der Waals surface area contributed by atoms with Crippen molar-refractivity contribution >= 4 is 18.1 Å². The van der Waals surface area contributed by atoms with Crippen LogP contribution in [0.4, 0.5) is 4.79 Å². The Kier molecular flexibility index (Phi) is 7.93. The Morgan fingerprint density at radius 1 is 1.04 bits per heavy atom. The van der Waals surface area contributed by atoms with Crippen LogP contribution in [0, 0.1) is 0 Å². The van der Waals surface area contributed by atoms with Crippen LogP contribution in [-0.4, -0.2) is 23.7 Å². The molecule has 26 heavy (non-hydrogen) atoms. The molecule has 0 aromatic heterocycles.